The lowest BCUT2D eigenvalue weighted by Crippen LogP contribution is -2.05. The highest BCUT2D eigenvalue weighted by Crippen LogP contribution is 2.27. The van der Waals surface area contributed by atoms with Crippen molar-refractivity contribution in [1.82, 2.24) is 9.97 Å². The van der Waals surface area contributed by atoms with Gasteiger partial charge in [0.05, 0.1) is 10.7 Å². The summed E-state index contributed by atoms with van der Waals surface area (Å²) in [7, 11) is 0. The largest absolute Gasteiger partial charge is 0.383 e. The molecule has 6 heteroatoms. The minimum absolute atomic E-state index is 0.377. The zero-order valence-corrected chi connectivity index (χ0v) is 10.7. The van der Waals surface area contributed by atoms with Crippen molar-refractivity contribution < 1.29 is 4.39 Å². The zero-order chi connectivity index (χ0) is 13.3. The fraction of sp³-hybridized carbons (Fsp3) is 0.167. The van der Waals surface area contributed by atoms with Crippen LogP contribution in [0.2, 0.25) is 5.02 Å². The molecule has 0 saturated heterocycles. The third kappa shape index (κ3) is 2.51. The minimum Gasteiger partial charge on any atom is -0.383 e. The molecule has 1 aromatic heterocycles. The molecule has 0 unspecified atom stereocenters. The number of hydrogen-bond acceptors (Lipinski definition) is 4. The van der Waals surface area contributed by atoms with Crippen LogP contribution in [0.1, 0.15) is 11.4 Å². The van der Waals surface area contributed by atoms with Crippen LogP contribution < -0.4 is 11.1 Å². The molecule has 0 amide bonds. The van der Waals surface area contributed by atoms with Crippen LogP contribution in [0.25, 0.3) is 0 Å². The van der Waals surface area contributed by atoms with Crippen molar-refractivity contribution in [2.75, 3.05) is 11.1 Å². The van der Waals surface area contributed by atoms with Crippen molar-refractivity contribution in [3.05, 3.63) is 40.4 Å². The number of nitrogens with one attached hydrogen (secondary N) is 1. The van der Waals surface area contributed by atoms with Crippen LogP contribution in [0, 0.1) is 19.7 Å². The summed E-state index contributed by atoms with van der Waals surface area (Å²) >= 11 is 5.97. The Bertz CT molecular complexity index is 601. The van der Waals surface area contributed by atoms with Gasteiger partial charge in [-0.2, -0.15) is 0 Å². The minimum atomic E-state index is -0.377. The van der Waals surface area contributed by atoms with Gasteiger partial charge in [-0.25, -0.2) is 14.4 Å². The fourth-order valence-electron chi connectivity index (χ4n) is 1.49. The van der Waals surface area contributed by atoms with E-state index >= 15 is 0 Å². The molecule has 4 nitrogen and oxygen atoms in total. The van der Waals surface area contributed by atoms with Crippen molar-refractivity contribution in [2.45, 2.75) is 13.8 Å². The van der Waals surface area contributed by atoms with E-state index in [0.717, 1.165) is 0 Å². The smallest absolute Gasteiger partial charge is 0.139 e. The Kier molecular flexibility index (Phi) is 3.34. The second-order valence-electron chi connectivity index (χ2n) is 3.88. The van der Waals surface area contributed by atoms with Crippen LogP contribution in [-0.4, -0.2) is 9.97 Å². The summed E-state index contributed by atoms with van der Waals surface area (Å²) in [5.41, 5.74) is 6.88. The van der Waals surface area contributed by atoms with Gasteiger partial charge in [-0.1, -0.05) is 11.6 Å². The Morgan fingerprint density at radius 2 is 2.00 bits per heavy atom. The van der Waals surface area contributed by atoms with E-state index in [0.29, 0.717) is 33.7 Å². The maximum atomic E-state index is 13.2. The first kappa shape index (κ1) is 12.6. The Morgan fingerprint density at radius 1 is 1.28 bits per heavy atom. The molecule has 1 heterocycles. The van der Waals surface area contributed by atoms with Crippen molar-refractivity contribution in [2.24, 2.45) is 0 Å². The van der Waals surface area contributed by atoms with E-state index in [-0.39, 0.29) is 5.82 Å². The van der Waals surface area contributed by atoms with E-state index < -0.39 is 0 Å². The number of nitrogen functional groups attached to an aromatic ring is 1. The number of aryl methyl sites for hydroxylation is 1. The summed E-state index contributed by atoms with van der Waals surface area (Å²) in [6.45, 7) is 3.51. The average Bonchev–Trinajstić information content (AvgIpc) is 2.30. The summed E-state index contributed by atoms with van der Waals surface area (Å²) in [5.74, 6) is 1.07. The summed E-state index contributed by atoms with van der Waals surface area (Å²) < 4.78 is 13.2. The highest BCUT2D eigenvalue weighted by Gasteiger charge is 2.09. The second-order valence-corrected chi connectivity index (χ2v) is 4.29. The average molecular weight is 267 g/mol. The predicted molar refractivity (Wildman–Crippen MR) is 70.6 cm³/mol. The molecule has 2 rings (SSSR count). The highest BCUT2D eigenvalue weighted by molar-refractivity contribution is 6.33. The molecule has 94 valence electrons. The third-order valence-corrected chi connectivity index (χ3v) is 2.81. The van der Waals surface area contributed by atoms with Crippen LogP contribution in [0.15, 0.2) is 18.2 Å². The van der Waals surface area contributed by atoms with Gasteiger partial charge in [0.15, 0.2) is 0 Å². The molecule has 0 aliphatic carbocycles. The van der Waals surface area contributed by atoms with Gasteiger partial charge in [0.2, 0.25) is 0 Å². The topological polar surface area (TPSA) is 63.8 Å². The summed E-state index contributed by atoms with van der Waals surface area (Å²) in [6, 6.07) is 4.07. The van der Waals surface area contributed by atoms with Crippen molar-refractivity contribution in [1.29, 1.82) is 0 Å². The Labute approximate surface area is 109 Å². The number of halogens is 2. The second kappa shape index (κ2) is 4.78. The standard InChI is InChI=1S/C12H12ClFN4/c1-6-11(15)16-7(2)17-12(6)18-10-5-8(14)3-4-9(10)13/h3-5H,1-2H3,(H3,15,16,17,18). The molecule has 0 fully saturated rings. The predicted octanol–water partition coefficient (Wildman–Crippen LogP) is 3.21. The molecule has 0 radical (unpaired) electrons. The lowest BCUT2D eigenvalue weighted by Gasteiger charge is -2.12. The Hall–Kier alpha value is -1.88. The molecule has 0 aliphatic heterocycles. The van der Waals surface area contributed by atoms with E-state index in [4.69, 9.17) is 17.3 Å². The van der Waals surface area contributed by atoms with Crippen LogP contribution in [0.4, 0.5) is 21.7 Å². The third-order valence-electron chi connectivity index (χ3n) is 2.48. The number of benzene rings is 1. The van der Waals surface area contributed by atoms with E-state index in [1.54, 1.807) is 13.8 Å². The van der Waals surface area contributed by atoms with Gasteiger partial charge < -0.3 is 11.1 Å². The lowest BCUT2D eigenvalue weighted by molar-refractivity contribution is 0.628. The zero-order valence-electron chi connectivity index (χ0n) is 9.96. The lowest BCUT2D eigenvalue weighted by atomic mass is 10.2. The number of aromatic nitrogens is 2. The summed E-state index contributed by atoms with van der Waals surface area (Å²) in [5, 5.41) is 3.37. The normalized spacial score (nSPS) is 10.4. The quantitative estimate of drug-likeness (QED) is 0.876. The summed E-state index contributed by atoms with van der Waals surface area (Å²) in [6.07, 6.45) is 0. The SMILES string of the molecule is Cc1nc(N)c(C)c(Nc2cc(F)ccc2Cl)n1. The molecule has 0 atom stereocenters. The van der Waals surface area contributed by atoms with Crippen molar-refractivity contribution >= 4 is 28.9 Å². The van der Waals surface area contributed by atoms with E-state index in [1.807, 2.05) is 0 Å². The van der Waals surface area contributed by atoms with Crippen LogP contribution >= 0.6 is 11.6 Å². The molecule has 3 N–H and O–H groups in total. The van der Waals surface area contributed by atoms with E-state index in [9.17, 15) is 4.39 Å². The van der Waals surface area contributed by atoms with Gasteiger partial charge in [-0.15, -0.1) is 0 Å². The monoisotopic (exact) mass is 266 g/mol. The Morgan fingerprint density at radius 3 is 2.72 bits per heavy atom. The first-order valence-corrected chi connectivity index (χ1v) is 5.68. The number of hydrogen-bond donors (Lipinski definition) is 2. The molecule has 0 saturated carbocycles. The molecule has 1 aromatic carbocycles. The van der Waals surface area contributed by atoms with Crippen LogP contribution in [0.3, 0.4) is 0 Å². The van der Waals surface area contributed by atoms with Gasteiger partial charge in [0.1, 0.15) is 23.3 Å². The molecule has 0 aliphatic rings. The van der Waals surface area contributed by atoms with Crippen molar-refractivity contribution in [3.63, 3.8) is 0 Å². The van der Waals surface area contributed by atoms with Gasteiger partial charge in [-0.05, 0) is 32.0 Å². The van der Waals surface area contributed by atoms with Crippen LogP contribution in [-0.2, 0) is 0 Å². The molecule has 0 bridgehead atoms. The van der Waals surface area contributed by atoms with Crippen molar-refractivity contribution in [3.8, 4) is 0 Å². The molecule has 2 aromatic rings. The van der Waals surface area contributed by atoms with Gasteiger partial charge in [0.25, 0.3) is 0 Å². The van der Waals surface area contributed by atoms with Gasteiger partial charge >= 0.3 is 0 Å². The number of nitrogens with zero attached hydrogens (tertiary/aromatic N) is 2. The first-order valence-electron chi connectivity index (χ1n) is 5.30. The molecular weight excluding hydrogens is 255 g/mol. The maximum absolute atomic E-state index is 13.2. The maximum Gasteiger partial charge on any atom is 0.139 e. The fourth-order valence-corrected chi connectivity index (χ4v) is 1.66. The number of rotatable bonds is 2. The first-order chi connectivity index (χ1) is 8.47. The van der Waals surface area contributed by atoms with Crippen LogP contribution in [0.5, 0.6) is 0 Å². The number of anilines is 3. The molecular formula is C12H12ClFN4. The summed E-state index contributed by atoms with van der Waals surface area (Å²) in [4.78, 5) is 8.25. The molecule has 18 heavy (non-hydrogen) atoms. The van der Waals surface area contributed by atoms with E-state index in [1.165, 1.54) is 18.2 Å². The van der Waals surface area contributed by atoms with Gasteiger partial charge in [-0.3, -0.25) is 0 Å². The Balaban J connectivity index is 2.43. The van der Waals surface area contributed by atoms with Gasteiger partial charge in [0, 0.05) is 5.56 Å². The van der Waals surface area contributed by atoms with E-state index in [2.05, 4.69) is 15.3 Å². The number of nitrogens with two attached hydrogens (primary N) is 1. The highest BCUT2D eigenvalue weighted by atomic mass is 35.5. The molecule has 0 spiro atoms.